The third-order valence-corrected chi connectivity index (χ3v) is 4.70. The number of para-hydroxylation sites is 2. The van der Waals surface area contributed by atoms with Gasteiger partial charge < -0.3 is 5.32 Å². The topological polar surface area (TPSA) is 29.9 Å². The molecule has 0 unspecified atom stereocenters. The minimum Gasteiger partial charge on any atom is -0.354 e. The maximum absolute atomic E-state index is 5.98. The number of fused-ring (bicyclic) bond motifs is 1. The first-order valence-corrected chi connectivity index (χ1v) is 8.56. The van der Waals surface area contributed by atoms with Crippen LogP contribution in [-0.4, -0.2) is 9.55 Å². The van der Waals surface area contributed by atoms with Gasteiger partial charge in [-0.3, -0.25) is 4.57 Å². The zero-order valence-corrected chi connectivity index (χ0v) is 14.9. The summed E-state index contributed by atoms with van der Waals surface area (Å²) in [6.45, 7) is 4.24. The summed E-state index contributed by atoms with van der Waals surface area (Å²) in [5, 5.41) is 4.20. The molecule has 0 saturated carbocycles. The molecule has 124 valence electrons. The highest BCUT2D eigenvalue weighted by molar-refractivity contribution is 6.30. The summed E-state index contributed by atoms with van der Waals surface area (Å²) in [6.07, 6.45) is 1.88. The van der Waals surface area contributed by atoms with Crippen LogP contribution in [0.3, 0.4) is 0 Å². The second-order valence-electron chi connectivity index (χ2n) is 6.19. The van der Waals surface area contributed by atoms with E-state index in [0.29, 0.717) is 0 Å². The molecule has 4 aromatic rings. The van der Waals surface area contributed by atoms with Crippen molar-refractivity contribution in [3.8, 4) is 5.69 Å². The molecule has 0 spiro atoms. The molecule has 0 radical (unpaired) electrons. The highest BCUT2D eigenvalue weighted by Crippen LogP contribution is 2.28. The predicted molar refractivity (Wildman–Crippen MR) is 105 cm³/mol. The molecular weight excluding hydrogens is 330 g/mol. The third kappa shape index (κ3) is 2.99. The van der Waals surface area contributed by atoms with Crippen molar-refractivity contribution in [3.05, 3.63) is 83.1 Å². The van der Waals surface area contributed by atoms with Gasteiger partial charge in [-0.15, -0.1) is 0 Å². The van der Waals surface area contributed by atoms with Crippen LogP contribution in [0.25, 0.3) is 16.7 Å². The molecule has 0 aliphatic carbocycles. The minimum absolute atomic E-state index is 0.727. The van der Waals surface area contributed by atoms with Crippen molar-refractivity contribution in [1.29, 1.82) is 0 Å². The van der Waals surface area contributed by atoms with E-state index in [1.54, 1.807) is 0 Å². The molecule has 1 heterocycles. The summed E-state index contributed by atoms with van der Waals surface area (Å²) < 4.78 is 2.13. The molecule has 0 bridgehead atoms. The Morgan fingerprint density at radius 3 is 2.44 bits per heavy atom. The van der Waals surface area contributed by atoms with E-state index in [-0.39, 0.29) is 0 Å². The van der Waals surface area contributed by atoms with E-state index in [9.17, 15) is 0 Å². The molecule has 4 heteroatoms. The van der Waals surface area contributed by atoms with Gasteiger partial charge in [0.2, 0.25) is 0 Å². The Kier molecular flexibility index (Phi) is 3.94. The molecule has 0 atom stereocenters. The normalized spacial score (nSPS) is 11.0. The molecule has 1 N–H and O–H groups in total. The van der Waals surface area contributed by atoms with E-state index in [2.05, 4.69) is 53.0 Å². The molecule has 0 amide bonds. The number of imidazole rings is 1. The molecule has 1 aromatic heterocycles. The highest BCUT2D eigenvalue weighted by Gasteiger charge is 2.10. The first-order valence-electron chi connectivity index (χ1n) is 8.18. The van der Waals surface area contributed by atoms with Gasteiger partial charge in [-0.05, 0) is 73.5 Å². The summed E-state index contributed by atoms with van der Waals surface area (Å²) in [6, 6.07) is 20.2. The lowest BCUT2D eigenvalue weighted by atomic mass is 10.1. The van der Waals surface area contributed by atoms with Crippen LogP contribution in [0.5, 0.6) is 0 Å². The summed E-state index contributed by atoms with van der Waals surface area (Å²) in [4.78, 5) is 4.57. The molecule has 0 saturated heterocycles. The number of aryl methyl sites for hydroxylation is 2. The maximum atomic E-state index is 5.98. The van der Waals surface area contributed by atoms with Crippen LogP contribution < -0.4 is 5.32 Å². The van der Waals surface area contributed by atoms with Crippen molar-refractivity contribution in [2.75, 3.05) is 5.32 Å². The van der Waals surface area contributed by atoms with Crippen LogP contribution in [0, 0.1) is 13.8 Å². The molecule has 0 aliphatic rings. The van der Waals surface area contributed by atoms with Crippen molar-refractivity contribution >= 4 is 34.0 Å². The number of nitrogens with zero attached hydrogens (tertiary/aromatic N) is 2. The largest absolute Gasteiger partial charge is 0.354 e. The van der Waals surface area contributed by atoms with Gasteiger partial charge in [-0.2, -0.15) is 0 Å². The Balaban J connectivity index is 1.81. The SMILES string of the molecule is Cc1cc2ncn(-c3ccccc3Nc3ccc(Cl)cc3)c2cc1C. The second-order valence-corrected chi connectivity index (χ2v) is 6.63. The first kappa shape index (κ1) is 15.7. The highest BCUT2D eigenvalue weighted by atomic mass is 35.5. The van der Waals surface area contributed by atoms with Crippen molar-refractivity contribution in [2.24, 2.45) is 0 Å². The number of halogens is 1. The Labute approximate surface area is 151 Å². The Hall–Kier alpha value is -2.78. The number of hydrogen-bond donors (Lipinski definition) is 1. The Morgan fingerprint density at radius 1 is 0.920 bits per heavy atom. The van der Waals surface area contributed by atoms with Crippen molar-refractivity contribution < 1.29 is 0 Å². The monoisotopic (exact) mass is 347 g/mol. The van der Waals surface area contributed by atoms with Crippen LogP contribution >= 0.6 is 11.6 Å². The van der Waals surface area contributed by atoms with Crippen LogP contribution in [0.2, 0.25) is 5.02 Å². The Bertz CT molecular complexity index is 1050. The summed E-state index contributed by atoms with van der Waals surface area (Å²) in [5.41, 5.74) is 7.69. The standard InChI is InChI=1S/C21H18ClN3/c1-14-11-19-21(12-15(14)2)25(13-23-19)20-6-4-3-5-18(20)24-17-9-7-16(22)8-10-17/h3-13,24H,1-2H3. The van der Waals surface area contributed by atoms with Crippen LogP contribution in [0.15, 0.2) is 67.0 Å². The zero-order valence-electron chi connectivity index (χ0n) is 14.1. The lowest BCUT2D eigenvalue weighted by Gasteiger charge is -2.14. The van der Waals surface area contributed by atoms with Crippen molar-refractivity contribution in [2.45, 2.75) is 13.8 Å². The minimum atomic E-state index is 0.727. The smallest absolute Gasteiger partial charge is 0.100 e. The number of hydrogen-bond acceptors (Lipinski definition) is 2. The van der Waals surface area contributed by atoms with Gasteiger partial charge in [0, 0.05) is 10.7 Å². The fourth-order valence-corrected chi connectivity index (χ4v) is 3.06. The van der Waals surface area contributed by atoms with Gasteiger partial charge >= 0.3 is 0 Å². The summed E-state index contributed by atoms with van der Waals surface area (Å²) in [5.74, 6) is 0. The average molecular weight is 348 g/mol. The summed E-state index contributed by atoms with van der Waals surface area (Å²) in [7, 11) is 0. The van der Waals surface area contributed by atoms with E-state index >= 15 is 0 Å². The second kappa shape index (κ2) is 6.26. The van der Waals surface area contributed by atoms with E-state index < -0.39 is 0 Å². The van der Waals surface area contributed by atoms with Crippen molar-refractivity contribution in [1.82, 2.24) is 9.55 Å². The predicted octanol–water partition coefficient (Wildman–Crippen LogP) is 6.04. The average Bonchev–Trinajstić information content (AvgIpc) is 3.00. The number of rotatable bonds is 3. The molecule has 3 aromatic carbocycles. The lowest BCUT2D eigenvalue weighted by Crippen LogP contribution is -1.99. The Morgan fingerprint density at radius 2 is 1.64 bits per heavy atom. The molecular formula is C21H18ClN3. The maximum Gasteiger partial charge on any atom is 0.100 e. The number of aromatic nitrogens is 2. The quantitative estimate of drug-likeness (QED) is 0.489. The van der Waals surface area contributed by atoms with E-state index in [4.69, 9.17) is 11.6 Å². The van der Waals surface area contributed by atoms with Gasteiger partial charge in [0.15, 0.2) is 0 Å². The summed E-state index contributed by atoms with van der Waals surface area (Å²) >= 11 is 5.98. The number of benzene rings is 3. The third-order valence-electron chi connectivity index (χ3n) is 4.45. The molecule has 25 heavy (non-hydrogen) atoms. The van der Waals surface area contributed by atoms with Crippen LogP contribution in [0.1, 0.15) is 11.1 Å². The van der Waals surface area contributed by atoms with Gasteiger partial charge in [-0.25, -0.2) is 4.98 Å². The fourth-order valence-electron chi connectivity index (χ4n) is 2.93. The molecule has 4 rings (SSSR count). The van der Waals surface area contributed by atoms with E-state index in [1.807, 2.05) is 42.7 Å². The zero-order chi connectivity index (χ0) is 17.4. The lowest BCUT2D eigenvalue weighted by molar-refractivity contribution is 1.09. The number of nitrogens with one attached hydrogen (secondary N) is 1. The molecule has 0 fully saturated rings. The van der Waals surface area contributed by atoms with Gasteiger partial charge in [-0.1, -0.05) is 23.7 Å². The van der Waals surface area contributed by atoms with Crippen LogP contribution in [0.4, 0.5) is 11.4 Å². The van der Waals surface area contributed by atoms with Gasteiger partial charge in [0.25, 0.3) is 0 Å². The van der Waals surface area contributed by atoms with Crippen molar-refractivity contribution in [3.63, 3.8) is 0 Å². The number of anilines is 2. The van der Waals surface area contributed by atoms with E-state index in [1.165, 1.54) is 11.1 Å². The molecule has 3 nitrogen and oxygen atoms in total. The fraction of sp³-hybridized carbons (Fsp3) is 0.0952. The van der Waals surface area contributed by atoms with Gasteiger partial charge in [0.05, 0.1) is 22.4 Å². The molecule has 0 aliphatic heterocycles. The first-order chi connectivity index (χ1) is 12.1. The van der Waals surface area contributed by atoms with Crippen LogP contribution in [-0.2, 0) is 0 Å². The van der Waals surface area contributed by atoms with Gasteiger partial charge in [0.1, 0.15) is 6.33 Å². The van der Waals surface area contributed by atoms with E-state index in [0.717, 1.165) is 33.1 Å².